The van der Waals surface area contributed by atoms with Crippen molar-refractivity contribution in [2.75, 3.05) is 17.7 Å². The first-order chi connectivity index (χ1) is 7.50. The molecule has 0 fully saturated rings. The summed E-state index contributed by atoms with van der Waals surface area (Å²) in [5, 5.41) is 3.30. The smallest absolute Gasteiger partial charge is 0.230 e. The Morgan fingerprint density at radius 3 is 2.88 bits per heavy atom. The second-order valence-electron chi connectivity index (χ2n) is 3.66. The molecule has 0 saturated carbocycles. The number of benzene rings is 1. The second kappa shape index (κ2) is 4.03. The van der Waals surface area contributed by atoms with Gasteiger partial charge in [-0.3, -0.25) is 4.79 Å². The van der Waals surface area contributed by atoms with E-state index in [1.165, 1.54) is 6.07 Å². The van der Waals surface area contributed by atoms with Gasteiger partial charge in [0.2, 0.25) is 5.91 Å². The van der Waals surface area contributed by atoms with Gasteiger partial charge >= 0.3 is 0 Å². The standard InChI is InChI=1S/C10H10Cl2N2O2/c1-4-3-16-9-7(13)5(11)2-6(12)8(9)14-10(4)15/h2,4H,3,13H2,1H3,(H,14,15). The number of nitrogens with one attached hydrogen (secondary N) is 1. The zero-order chi connectivity index (χ0) is 11.9. The van der Waals surface area contributed by atoms with Crippen LogP contribution >= 0.6 is 23.2 Å². The minimum absolute atomic E-state index is 0.151. The molecule has 1 unspecified atom stereocenters. The highest BCUT2D eigenvalue weighted by molar-refractivity contribution is 6.39. The lowest BCUT2D eigenvalue weighted by Crippen LogP contribution is -2.22. The Kier molecular flexibility index (Phi) is 2.86. The van der Waals surface area contributed by atoms with Gasteiger partial charge in [-0.25, -0.2) is 0 Å². The fourth-order valence-corrected chi connectivity index (χ4v) is 1.90. The molecular weight excluding hydrogens is 251 g/mol. The first-order valence-corrected chi connectivity index (χ1v) is 5.47. The van der Waals surface area contributed by atoms with E-state index in [2.05, 4.69) is 5.32 Å². The van der Waals surface area contributed by atoms with E-state index >= 15 is 0 Å². The molecule has 1 aromatic carbocycles. The number of fused-ring (bicyclic) bond motifs is 1. The summed E-state index contributed by atoms with van der Waals surface area (Å²) in [5.41, 5.74) is 6.44. The van der Waals surface area contributed by atoms with Gasteiger partial charge in [-0.1, -0.05) is 30.1 Å². The van der Waals surface area contributed by atoms with Crippen LogP contribution in [0.5, 0.6) is 5.75 Å². The van der Waals surface area contributed by atoms with E-state index in [0.29, 0.717) is 21.5 Å². The molecule has 1 heterocycles. The van der Waals surface area contributed by atoms with E-state index in [4.69, 9.17) is 33.7 Å². The topological polar surface area (TPSA) is 64.3 Å². The monoisotopic (exact) mass is 260 g/mol. The molecule has 0 spiro atoms. The van der Waals surface area contributed by atoms with E-state index in [9.17, 15) is 4.79 Å². The third-order valence-electron chi connectivity index (χ3n) is 2.39. The van der Waals surface area contributed by atoms with E-state index < -0.39 is 0 Å². The molecule has 1 aromatic rings. The van der Waals surface area contributed by atoms with Gasteiger partial charge in [-0.15, -0.1) is 0 Å². The molecule has 1 atom stereocenters. The highest BCUT2D eigenvalue weighted by atomic mass is 35.5. The first-order valence-electron chi connectivity index (χ1n) is 4.72. The Balaban J connectivity index is 2.57. The third kappa shape index (κ3) is 1.79. The molecule has 1 amide bonds. The number of carbonyl (C=O) groups is 1. The Bertz CT molecular complexity index is 463. The quantitative estimate of drug-likeness (QED) is 0.705. The lowest BCUT2D eigenvalue weighted by atomic mass is 10.2. The Labute approximate surface area is 103 Å². The largest absolute Gasteiger partial charge is 0.488 e. The molecule has 0 aliphatic carbocycles. The van der Waals surface area contributed by atoms with Crippen LogP contribution in [0.4, 0.5) is 11.4 Å². The lowest BCUT2D eigenvalue weighted by molar-refractivity contribution is -0.119. The van der Waals surface area contributed by atoms with Gasteiger partial charge in [0.1, 0.15) is 5.69 Å². The highest BCUT2D eigenvalue weighted by Crippen LogP contribution is 2.43. The van der Waals surface area contributed by atoms with Gasteiger partial charge in [0.05, 0.1) is 28.3 Å². The van der Waals surface area contributed by atoms with Crippen molar-refractivity contribution in [3.63, 3.8) is 0 Å². The molecule has 6 heteroatoms. The number of hydrogen-bond donors (Lipinski definition) is 2. The van der Waals surface area contributed by atoms with Gasteiger partial charge in [-0.2, -0.15) is 0 Å². The maximum absolute atomic E-state index is 11.6. The molecule has 1 aliphatic heterocycles. The van der Waals surface area contributed by atoms with Crippen molar-refractivity contribution in [1.82, 2.24) is 0 Å². The molecule has 16 heavy (non-hydrogen) atoms. The Hall–Kier alpha value is -1.13. The number of ether oxygens (including phenoxy) is 1. The number of hydrogen-bond acceptors (Lipinski definition) is 3. The van der Waals surface area contributed by atoms with Gasteiger partial charge in [0, 0.05) is 0 Å². The number of amides is 1. The molecule has 1 aliphatic rings. The maximum atomic E-state index is 11.6. The molecule has 0 aromatic heterocycles. The van der Waals surface area contributed by atoms with Crippen LogP contribution in [-0.2, 0) is 4.79 Å². The van der Waals surface area contributed by atoms with Crippen LogP contribution < -0.4 is 15.8 Å². The molecule has 0 saturated heterocycles. The zero-order valence-corrected chi connectivity index (χ0v) is 10.0. The summed E-state index contributed by atoms with van der Waals surface area (Å²) in [5.74, 6) is -0.0702. The van der Waals surface area contributed by atoms with Gasteiger partial charge in [0.15, 0.2) is 5.75 Å². The number of anilines is 2. The summed E-state index contributed by atoms with van der Waals surface area (Å²) < 4.78 is 5.45. The summed E-state index contributed by atoms with van der Waals surface area (Å²) >= 11 is 11.8. The predicted octanol–water partition coefficient (Wildman–Crippen LogP) is 2.54. The highest BCUT2D eigenvalue weighted by Gasteiger charge is 2.25. The van der Waals surface area contributed by atoms with Crippen LogP contribution in [0.15, 0.2) is 6.07 Å². The SMILES string of the molecule is CC1COc2c(N)c(Cl)cc(Cl)c2NC1=O. The normalized spacial score (nSPS) is 19.4. The van der Waals surface area contributed by atoms with E-state index in [0.717, 1.165) is 0 Å². The van der Waals surface area contributed by atoms with Crippen LogP contribution in [0.3, 0.4) is 0 Å². The number of nitrogens with two attached hydrogens (primary N) is 1. The Morgan fingerprint density at radius 2 is 2.19 bits per heavy atom. The number of carbonyl (C=O) groups excluding carboxylic acids is 1. The minimum Gasteiger partial charge on any atom is -0.488 e. The molecule has 4 nitrogen and oxygen atoms in total. The molecular formula is C10H10Cl2N2O2. The fourth-order valence-electron chi connectivity index (χ4n) is 1.41. The second-order valence-corrected chi connectivity index (χ2v) is 4.47. The summed E-state index contributed by atoms with van der Waals surface area (Å²) in [6.07, 6.45) is 0. The minimum atomic E-state index is -0.262. The van der Waals surface area contributed by atoms with E-state index in [1.807, 2.05) is 0 Å². The molecule has 0 radical (unpaired) electrons. The third-order valence-corrected chi connectivity index (χ3v) is 3.01. The van der Waals surface area contributed by atoms with Crippen LogP contribution in [-0.4, -0.2) is 12.5 Å². The van der Waals surface area contributed by atoms with Crippen molar-refractivity contribution in [1.29, 1.82) is 0 Å². The number of halogens is 2. The summed E-state index contributed by atoms with van der Waals surface area (Å²) in [6.45, 7) is 2.01. The molecule has 3 N–H and O–H groups in total. The summed E-state index contributed by atoms with van der Waals surface area (Å²) in [6, 6.07) is 1.48. The lowest BCUT2D eigenvalue weighted by Gasteiger charge is -2.12. The van der Waals surface area contributed by atoms with Crippen LogP contribution in [0, 0.1) is 5.92 Å². The first kappa shape index (κ1) is 11.4. The van der Waals surface area contributed by atoms with Crippen molar-refractivity contribution < 1.29 is 9.53 Å². The van der Waals surface area contributed by atoms with Gasteiger partial charge in [-0.05, 0) is 6.07 Å². The number of rotatable bonds is 0. The predicted molar refractivity (Wildman–Crippen MR) is 64.2 cm³/mol. The Morgan fingerprint density at radius 1 is 1.50 bits per heavy atom. The summed E-state index contributed by atoms with van der Waals surface area (Å²) in [4.78, 5) is 11.6. The maximum Gasteiger partial charge on any atom is 0.230 e. The van der Waals surface area contributed by atoms with Gasteiger partial charge in [0.25, 0.3) is 0 Å². The summed E-state index contributed by atoms with van der Waals surface area (Å²) in [7, 11) is 0. The van der Waals surface area contributed by atoms with Crippen molar-refractivity contribution in [2.45, 2.75) is 6.92 Å². The zero-order valence-electron chi connectivity index (χ0n) is 8.51. The number of nitrogen functional groups attached to an aromatic ring is 1. The average molecular weight is 261 g/mol. The average Bonchev–Trinajstić information content (AvgIpc) is 2.37. The van der Waals surface area contributed by atoms with Crippen molar-refractivity contribution in [2.24, 2.45) is 5.92 Å². The van der Waals surface area contributed by atoms with Crippen molar-refractivity contribution in [3.8, 4) is 5.75 Å². The van der Waals surface area contributed by atoms with Crippen molar-refractivity contribution in [3.05, 3.63) is 16.1 Å². The van der Waals surface area contributed by atoms with E-state index in [-0.39, 0.29) is 24.1 Å². The van der Waals surface area contributed by atoms with Crippen LogP contribution in [0.1, 0.15) is 6.92 Å². The van der Waals surface area contributed by atoms with Crippen LogP contribution in [0.25, 0.3) is 0 Å². The van der Waals surface area contributed by atoms with Gasteiger partial charge < -0.3 is 15.8 Å². The van der Waals surface area contributed by atoms with Crippen LogP contribution in [0.2, 0.25) is 10.0 Å². The van der Waals surface area contributed by atoms with Crippen molar-refractivity contribution >= 4 is 40.5 Å². The molecule has 2 rings (SSSR count). The fraction of sp³-hybridized carbons (Fsp3) is 0.300. The van der Waals surface area contributed by atoms with E-state index in [1.54, 1.807) is 6.92 Å². The molecule has 86 valence electrons. The molecule has 0 bridgehead atoms.